The fourth-order valence-corrected chi connectivity index (χ4v) is 7.20. The lowest BCUT2D eigenvalue weighted by atomic mass is 10.1. The van der Waals surface area contributed by atoms with Gasteiger partial charge in [-0.15, -0.1) is 0 Å². The second-order valence-electron chi connectivity index (χ2n) is 6.06. The van der Waals surface area contributed by atoms with Crippen molar-refractivity contribution in [1.29, 1.82) is 0 Å². The highest BCUT2D eigenvalue weighted by molar-refractivity contribution is 7.85. The standard InChI is InChI=1S/C20H19OP/c1-15-18-13-8-14-19(18)20(16-9-4-2-5-10-16)22(15,21)17-11-6-3-7-12-17/h2-7,9-12H,8,13-14H2,1H3. The van der Waals surface area contributed by atoms with Gasteiger partial charge in [-0.25, -0.2) is 0 Å². The molecule has 0 amide bonds. The first-order valence-corrected chi connectivity index (χ1v) is 9.59. The minimum Gasteiger partial charge on any atom is -0.309 e. The van der Waals surface area contributed by atoms with Crippen LogP contribution in [-0.4, -0.2) is 0 Å². The van der Waals surface area contributed by atoms with E-state index in [1.54, 1.807) is 0 Å². The van der Waals surface area contributed by atoms with Gasteiger partial charge in [0.25, 0.3) is 0 Å². The molecule has 110 valence electrons. The number of benzene rings is 2. The number of fused-ring (bicyclic) bond motifs is 1. The zero-order valence-corrected chi connectivity index (χ0v) is 13.6. The molecule has 0 radical (unpaired) electrons. The number of rotatable bonds is 2. The van der Waals surface area contributed by atoms with E-state index in [0.29, 0.717) is 0 Å². The van der Waals surface area contributed by atoms with Gasteiger partial charge in [-0.1, -0.05) is 60.7 Å². The van der Waals surface area contributed by atoms with Gasteiger partial charge in [-0.3, -0.25) is 0 Å². The van der Waals surface area contributed by atoms with Gasteiger partial charge in [-0.2, -0.15) is 0 Å². The largest absolute Gasteiger partial charge is 0.309 e. The highest BCUT2D eigenvalue weighted by Gasteiger charge is 2.43. The highest BCUT2D eigenvalue weighted by Crippen LogP contribution is 2.72. The number of hydrogen-bond donors (Lipinski definition) is 0. The number of hydrogen-bond acceptors (Lipinski definition) is 1. The SMILES string of the molecule is CC1=C2CCCC2=C(c2ccccc2)P1(=O)c1ccccc1. The molecule has 2 aromatic carbocycles. The average molecular weight is 306 g/mol. The van der Waals surface area contributed by atoms with Crippen LogP contribution in [0.1, 0.15) is 31.7 Å². The molecule has 0 spiro atoms. The second kappa shape index (κ2) is 5.11. The minimum absolute atomic E-state index is 0.973. The number of allylic oxidation sites excluding steroid dienone is 3. The fourth-order valence-electron chi connectivity index (χ4n) is 3.86. The van der Waals surface area contributed by atoms with E-state index in [9.17, 15) is 4.57 Å². The van der Waals surface area contributed by atoms with Gasteiger partial charge < -0.3 is 4.57 Å². The summed E-state index contributed by atoms with van der Waals surface area (Å²) < 4.78 is 14.2. The van der Waals surface area contributed by atoms with Crippen LogP contribution in [0.25, 0.3) is 5.31 Å². The normalized spacial score (nSPS) is 24.0. The third kappa shape index (κ3) is 1.82. The van der Waals surface area contributed by atoms with Gasteiger partial charge in [0.2, 0.25) is 0 Å². The monoisotopic (exact) mass is 306 g/mol. The topological polar surface area (TPSA) is 17.1 Å². The Morgan fingerprint density at radius 3 is 2.09 bits per heavy atom. The van der Waals surface area contributed by atoms with E-state index in [1.807, 2.05) is 48.5 Å². The summed E-state index contributed by atoms with van der Waals surface area (Å²) in [6.45, 7) is 2.09. The molecule has 2 aromatic rings. The smallest absolute Gasteiger partial charge is 0.168 e. The zero-order valence-electron chi connectivity index (χ0n) is 12.8. The molecule has 4 rings (SSSR count). The van der Waals surface area contributed by atoms with Gasteiger partial charge in [0, 0.05) is 10.6 Å². The van der Waals surface area contributed by atoms with Crippen molar-refractivity contribution in [3.05, 3.63) is 82.7 Å². The van der Waals surface area contributed by atoms with Crippen LogP contribution >= 0.6 is 7.14 Å². The van der Waals surface area contributed by atoms with Crippen molar-refractivity contribution >= 4 is 17.8 Å². The van der Waals surface area contributed by atoms with E-state index in [1.165, 1.54) is 17.6 Å². The fraction of sp³-hybridized carbons (Fsp3) is 0.200. The Kier molecular flexibility index (Phi) is 3.20. The molecule has 22 heavy (non-hydrogen) atoms. The van der Waals surface area contributed by atoms with Crippen LogP contribution in [0.5, 0.6) is 0 Å². The Morgan fingerprint density at radius 1 is 0.818 bits per heavy atom. The molecule has 1 saturated carbocycles. The van der Waals surface area contributed by atoms with Gasteiger partial charge in [0.15, 0.2) is 7.14 Å². The van der Waals surface area contributed by atoms with Crippen LogP contribution in [0.4, 0.5) is 0 Å². The Morgan fingerprint density at radius 2 is 1.41 bits per heavy atom. The van der Waals surface area contributed by atoms with E-state index < -0.39 is 7.14 Å². The van der Waals surface area contributed by atoms with Crippen molar-refractivity contribution in [2.75, 3.05) is 0 Å². The molecule has 2 heteroatoms. The summed E-state index contributed by atoms with van der Waals surface area (Å²) in [5.74, 6) is 0. The van der Waals surface area contributed by atoms with Gasteiger partial charge in [0.05, 0.1) is 0 Å². The third-order valence-corrected chi connectivity index (χ3v) is 8.29. The zero-order chi connectivity index (χ0) is 15.2. The van der Waals surface area contributed by atoms with E-state index in [-0.39, 0.29) is 0 Å². The summed E-state index contributed by atoms with van der Waals surface area (Å²) in [4.78, 5) is 0. The molecule has 1 aliphatic carbocycles. The summed E-state index contributed by atoms with van der Waals surface area (Å²) in [6.07, 6.45) is 3.33. The molecule has 1 aliphatic heterocycles. The minimum atomic E-state index is -2.66. The molecular formula is C20H19OP. The molecule has 0 N–H and O–H groups in total. The van der Waals surface area contributed by atoms with E-state index in [0.717, 1.165) is 34.3 Å². The van der Waals surface area contributed by atoms with Crippen molar-refractivity contribution in [3.63, 3.8) is 0 Å². The van der Waals surface area contributed by atoms with Gasteiger partial charge >= 0.3 is 0 Å². The predicted molar refractivity (Wildman–Crippen MR) is 93.6 cm³/mol. The maximum atomic E-state index is 14.2. The first-order valence-electron chi connectivity index (χ1n) is 7.88. The quantitative estimate of drug-likeness (QED) is 0.664. The molecule has 1 unspecified atom stereocenters. The molecule has 0 bridgehead atoms. The van der Waals surface area contributed by atoms with E-state index in [4.69, 9.17) is 0 Å². The van der Waals surface area contributed by atoms with Crippen molar-refractivity contribution in [1.82, 2.24) is 0 Å². The summed E-state index contributed by atoms with van der Waals surface area (Å²) in [7, 11) is -2.66. The lowest BCUT2D eigenvalue weighted by Gasteiger charge is -2.20. The first-order chi connectivity index (χ1) is 10.7. The summed E-state index contributed by atoms with van der Waals surface area (Å²) in [6, 6.07) is 20.3. The van der Waals surface area contributed by atoms with Crippen LogP contribution in [0.2, 0.25) is 0 Å². The highest BCUT2D eigenvalue weighted by atomic mass is 31.2. The molecule has 1 nitrogen and oxygen atoms in total. The van der Waals surface area contributed by atoms with Crippen molar-refractivity contribution in [2.24, 2.45) is 0 Å². The Labute approximate surface area is 131 Å². The van der Waals surface area contributed by atoms with Gasteiger partial charge in [-0.05, 0) is 48.2 Å². The molecule has 1 fully saturated rings. The van der Waals surface area contributed by atoms with Gasteiger partial charge in [0.1, 0.15) is 0 Å². The van der Waals surface area contributed by atoms with Crippen LogP contribution in [0.15, 0.2) is 77.1 Å². The Balaban J connectivity index is 2.02. The Hall–Kier alpha value is -1.85. The van der Waals surface area contributed by atoms with Crippen LogP contribution in [0.3, 0.4) is 0 Å². The molecule has 0 saturated heterocycles. The predicted octanol–water partition coefficient (Wildman–Crippen LogP) is 5.56. The lowest BCUT2D eigenvalue weighted by molar-refractivity contribution is 0.591. The van der Waals surface area contributed by atoms with Crippen molar-refractivity contribution in [3.8, 4) is 0 Å². The maximum absolute atomic E-state index is 14.2. The Bertz CT molecular complexity index is 829. The average Bonchev–Trinajstić information content (AvgIpc) is 3.12. The first kappa shape index (κ1) is 13.8. The summed E-state index contributed by atoms with van der Waals surface area (Å²) in [5.41, 5.74) is 3.85. The summed E-state index contributed by atoms with van der Waals surface area (Å²) >= 11 is 0. The van der Waals surface area contributed by atoms with E-state index in [2.05, 4.69) is 19.1 Å². The van der Waals surface area contributed by atoms with Crippen molar-refractivity contribution < 1.29 is 4.57 Å². The van der Waals surface area contributed by atoms with Crippen LogP contribution in [0, 0.1) is 0 Å². The molecule has 2 aliphatic rings. The molecule has 0 aromatic heterocycles. The third-order valence-electron chi connectivity index (χ3n) is 4.89. The summed E-state index contributed by atoms with van der Waals surface area (Å²) in [5, 5.41) is 3.19. The second-order valence-corrected chi connectivity index (χ2v) is 8.91. The van der Waals surface area contributed by atoms with E-state index >= 15 is 0 Å². The van der Waals surface area contributed by atoms with Crippen LogP contribution < -0.4 is 5.30 Å². The van der Waals surface area contributed by atoms with Crippen LogP contribution in [-0.2, 0) is 4.57 Å². The lowest BCUT2D eigenvalue weighted by Crippen LogP contribution is -2.05. The molecular weight excluding hydrogens is 287 g/mol. The van der Waals surface area contributed by atoms with Crippen molar-refractivity contribution in [2.45, 2.75) is 26.2 Å². The molecule has 1 atom stereocenters. The molecule has 1 heterocycles. The maximum Gasteiger partial charge on any atom is 0.168 e.